The first-order valence-electron chi connectivity index (χ1n) is 5.94. The van der Waals surface area contributed by atoms with E-state index in [0.29, 0.717) is 6.42 Å². The molecule has 0 fully saturated rings. The largest absolute Gasteiger partial charge is 0.480 e. The number of amides is 1. The third kappa shape index (κ3) is 3.87. The van der Waals surface area contributed by atoms with Gasteiger partial charge in [-0.05, 0) is 25.3 Å². The molecule has 1 aromatic heterocycles. The van der Waals surface area contributed by atoms with E-state index in [0.717, 1.165) is 0 Å². The van der Waals surface area contributed by atoms with Crippen LogP contribution in [0.4, 0.5) is 0 Å². The summed E-state index contributed by atoms with van der Waals surface area (Å²) < 4.78 is 1.49. The highest BCUT2D eigenvalue weighted by Crippen LogP contribution is 2.08. The lowest BCUT2D eigenvalue weighted by molar-refractivity contribution is -0.142. The molecule has 1 heterocycles. The van der Waals surface area contributed by atoms with Crippen molar-refractivity contribution < 1.29 is 14.7 Å². The Morgan fingerprint density at radius 1 is 1.39 bits per heavy atom. The Kier molecular flexibility index (Phi) is 4.88. The van der Waals surface area contributed by atoms with Gasteiger partial charge in [0.05, 0.1) is 0 Å². The average Bonchev–Trinajstić information content (AvgIpc) is 2.79. The smallest absolute Gasteiger partial charge is 0.326 e. The van der Waals surface area contributed by atoms with Crippen molar-refractivity contribution in [1.29, 1.82) is 0 Å². The molecule has 0 aliphatic carbocycles. The molecular formula is C12H19N3O3. The van der Waals surface area contributed by atoms with E-state index in [1.54, 1.807) is 25.4 Å². The van der Waals surface area contributed by atoms with Gasteiger partial charge in [0.15, 0.2) is 0 Å². The van der Waals surface area contributed by atoms with Crippen LogP contribution in [0.25, 0.3) is 0 Å². The summed E-state index contributed by atoms with van der Waals surface area (Å²) in [5.74, 6) is -1.15. The number of carboxylic acid groups (broad SMARTS) is 1. The highest BCUT2D eigenvalue weighted by Gasteiger charge is 2.24. The van der Waals surface area contributed by atoms with Crippen LogP contribution in [0.15, 0.2) is 18.5 Å². The van der Waals surface area contributed by atoms with Crippen molar-refractivity contribution in [3.05, 3.63) is 18.5 Å². The standard InChI is InChI=1S/C12H19N3O3/c1-8(2)7-10(12(17)18)14-11(16)9(3)15-6-4-5-13-15/h4-6,8-10H,7H2,1-3H3,(H,14,16)(H,17,18). The molecule has 2 unspecified atom stereocenters. The van der Waals surface area contributed by atoms with E-state index in [2.05, 4.69) is 10.4 Å². The summed E-state index contributed by atoms with van der Waals surface area (Å²) >= 11 is 0. The molecule has 0 aliphatic rings. The fourth-order valence-electron chi connectivity index (χ4n) is 1.62. The number of carboxylic acids is 1. The number of rotatable bonds is 6. The topological polar surface area (TPSA) is 84.2 Å². The summed E-state index contributed by atoms with van der Waals surface area (Å²) in [4.78, 5) is 22.9. The fraction of sp³-hybridized carbons (Fsp3) is 0.583. The predicted octanol–water partition coefficient (Wildman–Crippen LogP) is 1.06. The monoisotopic (exact) mass is 253 g/mol. The summed E-state index contributed by atoms with van der Waals surface area (Å²) in [6.45, 7) is 5.51. The van der Waals surface area contributed by atoms with E-state index >= 15 is 0 Å². The second-order valence-electron chi connectivity index (χ2n) is 4.69. The lowest BCUT2D eigenvalue weighted by Gasteiger charge is -2.19. The second-order valence-corrected chi connectivity index (χ2v) is 4.69. The third-order valence-corrected chi connectivity index (χ3v) is 2.62. The van der Waals surface area contributed by atoms with E-state index in [4.69, 9.17) is 5.11 Å². The molecule has 18 heavy (non-hydrogen) atoms. The van der Waals surface area contributed by atoms with E-state index in [-0.39, 0.29) is 11.8 Å². The molecule has 0 spiro atoms. The molecule has 0 saturated carbocycles. The maximum Gasteiger partial charge on any atom is 0.326 e. The van der Waals surface area contributed by atoms with Crippen LogP contribution in [0.1, 0.15) is 33.2 Å². The number of aromatic nitrogens is 2. The van der Waals surface area contributed by atoms with Crippen LogP contribution in [0.3, 0.4) is 0 Å². The second kappa shape index (κ2) is 6.18. The van der Waals surface area contributed by atoms with Crippen molar-refractivity contribution >= 4 is 11.9 Å². The number of hydrogen-bond donors (Lipinski definition) is 2. The number of carbonyl (C=O) groups excluding carboxylic acids is 1. The molecule has 1 aromatic rings. The minimum atomic E-state index is -1.01. The van der Waals surface area contributed by atoms with Crippen molar-refractivity contribution in [1.82, 2.24) is 15.1 Å². The SMILES string of the molecule is CC(C)CC(NC(=O)C(C)n1cccn1)C(=O)O. The lowest BCUT2D eigenvalue weighted by Crippen LogP contribution is -2.44. The van der Waals surface area contributed by atoms with Crippen LogP contribution >= 0.6 is 0 Å². The molecule has 2 N–H and O–H groups in total. The molecule has 6 nitrogen and oxygen atoms in total. The highest BCUT2D eigenvalue weighted by atomic mass is 16.4. The first-order chi connectivity index (χ1) is 8.41. The van der Waals surface area contributed by atoms with Gasteiger partial charge in [0, 0.05) is 12.4 Å². The molecule has 1 amide bonds. The zero-order valence-corrected chi connectivity index (χ0v) is 10.8. The maximum absolute atomic E-state index is 11.9. The van der Waals surface area contributed by atoms with Crippen LogP contribution in [0, 0.1) is 5.92 Å². The molecule has 0 bridgehead atoms. The van der Waals surface area contributed by atoms with Gasteiger partial charge >= 0.3 is 5.97 Å². The van der Waals surface area contributed by atoms with Crippen molar-refractivity contribution in [2.75, 3.05) is 0 Å². The quantitative estimate of drug-likeness (QED) is 0.794. The van der Waals surface area contributed by atoms with Crippen molar-refractivity contribution in [2.45, 2.75) is 39.3 Å². The third-order valence-electron chi connectivity index (χ3n) is 2.62. The minimum Gasteiger partial charge on any atom is -0.480 e. The minimum absolute atomic E-state index is 0.200. The van der Waals surface area contributed by atoms with Gasteiger partial charge in [0.1, 0.15) is 12.1 Å². The zero-order chi connectivity index (χ0) is 13.7. The van der Waals surface area contributed by atoms with Crippen LogP contribution in [0.2, 0.25) is 0 Å². The number of carbonyl (C=O) groups is 2. The average molecular weight is 253 g/mol. The molecular weight excluding hydrogens is 234 g/mol. The Balaban J connectivity index is 2.64. The van der Waals surface area contributed by atoms with Gasteiger partial charge in [-0.3, -0.25) is 9.48 Å². The number of aliphatic carboxylic acids is 1. The summed E-state index contributed by atoms with van der Waals surface area (Å²) in [5.41, 5.74) is 0. The number of nitrogens with one attached hydrogen (secondary N) is 1. The van der Waals surface area contributed by atoms with Gasteiger partial charge in [-0.2, -0.15) is 5.10 Å². The molecule has 0 saturated heterocycles. The predicted molar refractivity (Wildman–Crippen MR) is 66.0 cm³/mol. The zero-order valence-electron chi connectivity index (χ0n) is 10.8. The summed E-state index contributed by atoms with van der Waals surface area (Å²) in [5, 5.41) is 15.5. The van der Waals surface area contributed by atoms with Gasteiger partial charge in [0.25, 0.3) is 0 Å². The van der Waals surface area contributed by atoms with Crippen LogP contribution in [-0.4, -0.2) is 32.8 Å². The Bertz CT molecular complexity index is 401. The number of nitrogens with zero attached hydrogens (tertiary/aromatic N) is 2. The Hall–Kier alpha value is -1.85. The van der Waals surface area contributed by atoms with Gasteiger partial charge < -0.3 is 10.4 Å². The Labute approximate surface area is 106 Å². The van der Waals surface area contributed by atoms with Gasteiger partial charge in [0.2, 0.25) is 5.91 Å². The molecule has 2 atom stereocenters. The summed E-state index contributed by atoms with van der Waals surface area (Å²) in [7, 11) is 0. The van der Waals surface area contributed by atoms with Crippen LogP contribution in [0.5, 0.6) is 0 Å². The molecule has 1 rings (SSSR count). The molecule has 0 aromatic carbocycles. The van der Waals surface area contributed by atoms with Crippen LogP contribution < -0.4 is 5.32 Å². The highest BCUT2D eigenvalue weighted by molar-refractivity contribution is 5.85. The Morgan fingerprint density at radius 3 is 2.50 bits per heavy atom. The van der Waals surface area contributed by atoms with E-state index in [1.807, 2.05) is 13.8 Å². The molecule has 6 heteroatoms. The number of hydrogen-bond acceptors (Lipinski definition) is 3. The van der Waals surface area contributed by atoms with Gasteiger partial charge in [-0.25, -0.2) is 4.79 Å². The van der Waals surface area contributed by atoms with Gasteiger partial charge in [-0.15, -0.1) is 0 Å². The molecule has 100 valence electrons. The summed E-state index contributed by atoms with van der Waals surface area (Å²) in [6.07, 6.45) is 3.65. The van der Waals surface area contributed by atoms with Crippen molar-refractivity contribution in [3.63, 3.8) is 0 Å². The lowest BCUT2D eigenvalue weighted by atomic mass is 10.0. The fourth-order valence-corrected chi connectivity index (χ4v) is 1.62. The van der Waals surface area contributed by atoms with Crippen LogP contribution in [-0.2, 0) is 9.59 Å². The maximum atomic E-state index is 11.9. The normalized spacial score (nSPS) is 14.2. The van der Waals surface area contributed by atoms with Gasteiger partial charge in [-0.1, -0.05) is 13.8 Å². The first kappa shape index (κ1) is 14.2. The van der Waals surface area contributed by atoms with Crippen molar-refractivity contribution in [3.8, 4) is 0 Å². The summed E-state index contributed by atoms with van der Waals surface area (Å²) in [6, 6.07) is 0.344. The molecule has 0 radical (unpaired) electrons. The molecule has 0 aliphatic heterocycles. The van der Waals surface area contributed by atoms with E-state index < -0.39 is 18.1 Å². The van der Waals surface area contributed by atoms with E-state index in [1.165, 1.54) is 4.68 Å². The first-order valence-corrected chi connectivity index (χ1v) is 5.94. The van der Waals surface area contributed by atoms with Crippen molar-refractivity contribution in [2.24, 2.45) is 5.92 Å². The Morgan fingerprint density at radius 2 is 2.06 bits per heavy atom. The van der Waals surface area contributed by atoms with E-state index in [9.17, 15) is 9.59 Å².